The van der Waals surface area contributed by atoms with E-state index in [2.05, 4.69) is 20.6 Å². The third-order valence-corrected chi connectivity index (χ3v) is 8.63. The van der Waals surface area contributed by atoms with E-state index in [1.165, 1.54) is 18.2 Å². The Balaban J connectivity index is 1.18. The summed E-state index contributed by atoms with van der Waals surface area (Å²) in [4.78, 5) is 33.5. The molecule has 2 aromatic carbocycles. The molecule has 6 rings (SSSR count). The van der Waals surface area contributed by atoms with E-state index in [0.717, 1.165) is 11.1 Å². The number of carbonyl (C=O) groups excluding carboxylic acids is 1. The summed E-state index contributed by atoms with van der Waals surface area (Å²) in [5, 5.41) is 15.2. The second-order valence-corrected chi connectivity index (χ2v) is 11.4. The van der Waals surface area contributed by atoms with Gasteiger partial charge in [-0.1, -0.05) is 36.4 Å². The number of hydrogen-bond acceptors (Lipinski definition) is 8. The second kappa shape index (κ2) is 11.0. The minimum absolute atomic E-state index is 0.103. The number of aliphatic carboxylic acids is 1. The van der Waals surface area contributed by atoms with Gasteiger partial charge in [-0.25, -0.2) is 0 Å². The Kier molecular flexibility index (Phi) is 7.36. The minimum Gasteiger partial charge on any atom is -0.480 e. The van der Waals surface area contributed by atoms with Gasteiger partial charge in [0.05, 0.1) is 0 Å². The van der Waals surface area contributed by atoms with Crippen LogP contribution in [0.3, 0.4) is 0 Å². The lowest BCUT2D eigenvalue weighted by Gasteiger charge is -2.39. The Hall–Kier alpha value is -4.39. The Morgan fingerprint density at radius 2 is 1.81 bits per heavy atom. The van der Waals surface area contributed by atoms with Crippen LogP contribution < -0.4 is 26.0 Å². The summed E-state index contributed by atoms with van der Waals surface area (Å²) in [6.07, 6.45) is -4.40. The summed E-state index contributed by atoms with van der Waals surface area (Å²) >= 11 is 0. The number of piperidine rings is 1. The van der Waals surface area contributed by atoms with Gasteiger partial charge in [-0.3, -0.25) is 9.59 Å². The number of halogens is 3. The molecule has 5 N–H and O–H groups in total. The van der Waals surface area contributed by atoms with Crippen molar-refractivity contribution < 1.29 is 32.6 Å². The molecule has 13 heteroatoms. The Bertz CT molecular complexity index is 1540. The van der Waals surface area contributed by atoms with Crippen molar-refractivity contribution in [2.24, 2.45) is 5.41 Å². The molecule has 2 atom stereocenters. The van der Waals surface area contributed by atoms with Gasteiger partial charge in [-0.15, -0.1) is 0 Å². The summed E-state index contributed by atoms with van der Waals surface area (Å²) in [6.45, 7) is 2.23. The molecule has 2 fully saturated rings. The predicted octanol–water partition coefficient (Wildman–Crippen LogP) is 3.73. The molecule has 0 bridgehead atoms. The van der Waals surface area contributed by atoms with Gasteiger partial charge in [0.1, 0.15) is 11.9 Å². The van der Waals surface area contributed by atoms with Crippen molar-refractivity contribution in [2.45, 2.75) is 44.0 Å². The number of hydrogen-bond donors (Lipinski definition) is 4. The molecule has 1 spiro atoms. The van der Waals surface area contributed by atoms with Crippen molar-refractivity contribution >= 4 is 23.6 Å². The molecule has 0 saturated carbocycles. The number of carboxylic acid groups (broad SMARTS) is 1. The van der Waals surface area contributed by atoms with Gasteiger partial charge in [0.25, 0.3) is 5.91 Å². The summed E-state index contributed by atoms with van der Waals surface area (Å²) in [5.41, 5.74) is 8.65. The maximum absolute atomic E-state index is 14.3. The van der Waals surface area contributed by atoms with E-state index in [1.54, 1.807) is 24.3 Å². The topological polar surface area (TPSA) is 143 Å². The molecule has 1 amide bonds. The van der Waals surface area contributed by atoms with Gasteiger partial charge in [0, 0.05) is 43.4 Å². The number of rotatable bonds is 6. The maximum Gasteiger partial charge on any atom is 0.429 e. The van der Waals surface area contributed by atoms with E-state index in [1.807, 2.05) is 11.0 Å². The molecule has 10 nitrogen and oxygen atoms in total. The summed E-state index contributed by atoms with van der Waals surface area (Å²) in [6, 6.07) is 12.1. The van der Waals surface area contributed by atoms with Crippen LogP contribution in [0.5, 0.6) is 5.88 Å². The van der Waals surface area contributed by atoms with Crippen molar-refractivity contribution in [2.75, 3.05) is 36.8 Å². The molecule has 3 aliphatic heterocycles. The fraction of sp³-hybridized carbons (Fsp3) is 0.400. The minimum atomic E-state index is -4.74. The molecule has 0 radical (unpaired) electrons. The summed E-state index contributed by atoms with van der Waals surface area (Å²) in [5.74, 6) is -1.15. The highest BCUT2D eigenvalue weighted by atomic mass is 19.4. The van der Waals surface area contributed by atoms with Crippen LogP contribution in [-0.4, -0.2) is 65.3 Å². The number of aromatic nitrogens is 2. The van der Waals surface area contributed by atoms with Gasteiger partial charge in [0.15, 0.2) is 0 Å². The zero-order valence-corrected chi connectivity index (χ0v) is 23.2. The number of ether oxygens (including phenoxy) is 1. The van der Waals surface area contributed by atoms with Gasteiger partial charge in [-0.05, 0) is 53.9 Å². The standard InChI is InChI=1S/C30H31F3N6O4/c31-30(32,33)25(18-3-1-17(2-4-18)19-5-6-21-20(13-19)7-10-35-26(21)40)43-24-14-23(37-28(34)38-24)39-11-8-29(9-12-39)15-22(27(41)42)36-16-29/h1-6,13-14,22,25,36H,7-12,15-16H2,(H,35,40)(H,41,42)(H2,34,37,38)/t22-,25+/m0/s1. The zero-order chi connectivity index (χ0) is 30.4. The zero-order valence-electron chi connectivity index (χ0n) is 23.2. The normalized spacial score (nSPS) is 20.4. The number of nitrogens with one attached hydrogen (secondary N) is 2. The van der Waals surface area contributed by atoms with Crippen molar-refractivity contribution in [3.8, 4) is 17.0 Å². The predicted molar refractivity (Wildman–Crippen MR) is 152 cm³/mol. The number of carboxylic acids is 1. The van der Waals surface area contributed by atoms with E-state index in [4.69, 9.17) is 10.5 Å². The maximum atomic E-state index is 14.3. The van der Waals surface area contributed by atoms with Gasteiger partial charge in [0.2, 0.25) is 17.9 Å². The third-order valence-electron chi connectivity index (χ3n) is 8.63. The largest absolute Gasteiger partial charge is 0.480 e. The van der Waals surface area contributed by atoms with Gasteiger partial charge >= 0.3 is 12.1 Å². The molecule has 4 heterocycles. The monoisotopic (exact) mass is 596 g/mol. The lowest BCUT2D eigenvalue weighted by Crippen LogP contribution is -2.41. The number of benzene rings is 2. The molecular weight excluding hydrogens is 565 g/mol. The fourth-order valence-electron chi connectivity index (χ4n) is 6.24. The number of amides is 1. The number of anilines is 2. The highest BCUT2D eigenvalue weighted by Crippen LogP contribution is 2.41. The molecule has 0 aliphatic carbocycles. The smallest absolute Gasteiger partial charge is 0.429 e. The number of nitrogens with zero attached hydrogens (tertiary/aromatic N) is 3. The van der Waals surface area contributed by atoms with Crippen LogP contribution in [0.25, 0.3) is 11.1 Å². The highest BCUT2D eigenvalue weighted by molar-refractivity contribution is 5.97. The van der Waals surface area contributed by atoms with Crippen molar-refractivity contribution in [1.82, 2.24) is 20.6 Å². The van der Waals surface area contributed by atoms with E-state index >= 15 is 0 Å². The van der Waals surface area contributed by atoms with Crippen molar-refractivity contribution in [3.05, 3.63) is 65.2 Å². The number of fused-ring (bicyclic) bond motifs is 1. The van der Waals surface area contributed by atoms with Crippen LogP contribution in [0.2, 0.25) is 0 Å². The van der Waals surface area contributed by atoms with Crippen LogP contribution in [0.15, 0.2) is 48.5 Å². The fourth-order valence-corrected chi connectivity index (χ4v) is 6.24. The summed E-state index contributed by atoms with van der Waals surface area (Å²) < 4.78 is 48.2. The third kappa shape index (κ3) is 5.94. The van der Waals surface area contributed by atoms with Crippen LogP contribution in [0, 0.1) is 5.41 Å². The lowest BCUT2D eigenvalue weighted by atomic mass is 9.76. The number of carbonyl (C=O) groups is 2. The SMILES string of the molecule is Nc1nc(O[C@H](c2ccc(-c3ccc4c(c3)CCNC4=O)cc2)C(F)(F)F)cc(N2CCC3(CC2)CN[C@H](C(=O)O)C3)n1. The lowest BCUT2D eigenvalue weighted by molar-refractivity contribution is -0.198. The number of nitrogen functional groups attached to an aromatic ring is 1. The summed E-state index contributed by atoms with van der Waals surface area (Å²) in [7, 11) is 0. The molecule has 43 heavy (non-hydrogen) atoms. The Labute approximate surface area is 245 Å². The average Bonchev–Trinajstić information content (AvgIpc) is 3.39. The first kappa shape index (κ1) is 28.7. The van der Waals surface area contributed by atoms with E-state index in [9.17, 15) is 27.9 Å². The Morgan fingerprint density at radius 1 is 1.09 bits per heavy atom. The first-order valence-corrected chi connectivity index (χ1v) is 14.1. The van der Waals surface area contributed by atoms with Crippen LogP contribution in [0.4, 0.5) is 24.9 Å². The van der Waals surface area contributed by atoms with Crippen LogP contribution in [-0.2, 0) is 11.2 Å². The first-order chi connectivity index (χ1) is 20.5. The number of alkyl halides is 3. The van der Waals surface area contributed by atoms with E-state index < -0.39 is 24.3 Å². The first-order valence-electron chi connectivity index (χ1n) is 14.1. The average molecular weight is 597 g/mol. The van der Waals surface area contributed by atoms with E-state index in [-0.39, 0.29) is 28.7 Å². The van der Waals surface area contributed by atoms with Gasteiger partial charge in [-0.2, -0.15) is 23.1 Å². The van der Waals surface area contributed by atoms with Gasteiger partial charge < -0.3 is 31.1 Å². The molecule has 3 aromatic rings. The molecule has 226 valence electrons. The van der Waals surface area contributed by atoms with Crippen LogP contribution in [0.1, 0.15) is 46.9 Å². The number of nitrogens with two attached hydrogens (primary N) is 1. The second-order valence-electron chi connectivity index (χ2n) is 11.4. The van der Waals surface area contributed by atoms with Crippen molar-refractivity contribution in [1.29, 1.82) is 0 Å². The molecule has 2 saturated heterocycles. The highest BCUT2D eigenvalue weighted by Gasteiger charge is 2.45. The quantitative estimate of drug-likeness (QED) is 0.335. The molecular formula is C30H31F3N6O4. The Morgan fingerprint density at radius 3 is 2.49 bits per heavy atom. The van der Waals surface area contributed by atoms with Crippen LogP contribution >= 0.6 is 0 Å². The van der Waals surface area contributed by atoms with Crippen molar-refractivity contribution in [3.63, 3.8) is 0 Å². The molecule has 1 aromatic heterocycles. The molecule has 3 aliphatic rings. The molecule has 0 unspecified atom stereocenters. The van der Waals surface area contributed by atoms with E-state index in [0.29, 0.717) is 68.8 Å².